The standard InChI is InChI=1S/C29H28N8O2/c30-16-19-9-10-22-24(15-19)36(18-33-22)28-32-17-25-27(34-28)37(23-11-14-39-26-8-4-3-7-21(23)26)29(38)35(25)13-12-31-20-5-1-2-6-20/h3-4,7-10,15,17-18,20,23,31H,1-2,5-6,11-14H2/t23-/m1/s1. The third kappa shape index (κ3) is 4.06. The van der Waals surface area contributed by atoms with Crippen LogP contribution in [0.15, 0.2) is 59.8 Å². The van der Waals surface area contributed by atoms with Gasteiger partial charge in [-0.2, -0.15) is 10.2 Å². The van der Waals surface area contributed by atoms with Crippen molar-refractivity contribution in [2.45, 2.75) is 50.7 Å². The minimum atomic E-state index is -0.207. The molecule has 5 aromatic rings. The highest BCUT2D eigenvalue weighted by Crippen LogP contribution is 2.35. The molecule has 1 saturated carbocycles. The lowest BCUT2D eigenvalue weighted by Gasteiger charge is -2.26. The van der Waals surface area contributed by atoms with Crippen LogP contribution in [-0.2, 0) is 6.54 Å². The first kappa shape index (κ1) is 23.6. The molecule has 0 unspecified atom stereocenters. The van der Waals surface area contributed by atoms with E-state index in [2.05, 4.69) is 21.4 Å². The number of aromatic nitrogens is 6. The number of ether oxygens (including phenoxy) is 1. The van der Waals surface area contributed by atoms with E-state index in [4.69, 9.17) is 9.72 Å². The lowest BCUT2D eigenvalue weighted by molar-refractivity contribution is 0.255. The van der Waals surface area contributed by atoms with E-state index in [1.54, 1.807) is 38.4 Å². The Hall–Kier alpha value is -4.49. The van der Waals surface area contributed by atoms with Gasteiger partial charge in [-0.15, -0.1) is 0 Å². The average Bonchev–Trinajstić information content (AvgIpc) is 3.71. The fraction of sp³-hybridized carbons (Fsp3) is 0.345. The molecule has 2 aliphatic rings. The third-order valence-corrected chi connectivity index (χ3v) is 7.95. The van der Waals surface area contributed by atoms with Crippen LogP contribution in [0.5, 0.6) is 5.75 Å². The summed E-state index contributed by atoms with van der Waals surface area (Å²) in [6.07, 6.45) is 8.95. The molecular weight excluding hydrogens is 492 g/mol. The van der Waals surface area contributed by atoms with Gasteiger partial charge in [0.05, 0.1) is 41.5 Å². The Kier molecular flexibility index (Phi) is 5.86. The number of rotatable bonds is 6. The van der Waals surface area contributed by atoms with Gasteiger partial charge in [-0.3, -0.25) is 13.7 Å². The van der Waals surface area contributed by atoms with Crippen molar-refractivity contribution in [3.8, 4) is 17.8 Å². The number of benzene rings is 2. The van der Waals surface area contributed by atoms with Crippen molar-refractivity contribution >= 4 is 22.2 Å². The number of hydrogen-bond acceptors (Lipinski definition) is 7. The van der Waals surface area contributed by atoms with Crippen LogP contribution in [0.1, 0.15) is 49.3 Å². The molecule has 0 saturated heterocycles. The summed E-state index contributed by atoms with van der Waals surface area (Å²) in [5.74, 6) is 1.19. The van der Waals surface area contributed by atoms with E-state index in [1.165, 1.54) is 25.7 Å². The zero-order valence-corrected chi connectivity index (χ0v) is 21.5. The molecule has 10 heteroatoms. The zero-order chi connectivity index (χ0) is 26.3. The first-order valence-corrected chi connectivity index (χ1v) is 13.5. The van der Waals surface area contributed by atoms with E-state index in [9.17, 15) is 10.1 Å². The Bertz CT molecular complexity index is 1790. The Morgan fingerprint density at radius 3 is 2.82 bits per heavy atom. The van der Waals surface area contributed by atoms with E-state index >= 15 is 0 Å². The van der Waals surface area contributed by atoms with Crippen molar-refractivity contribution in [2.24, 2.45) is 0 Å². The Morgan fingerprint density at radius 1 is 1.08 bits per heavy atom. The van der Waals surface area contributed by atoms with Crippen LogP contribution in [0.3, 0.4) is 0 Å². The largest absolute Gasteiger partial charge is 0.493 e. The molecule has 1 N–H and O–H groups in total. The van der Waals surface area contributed by atoms with E-state index in [-0.39, 0.29) is 11.7 Å². The van der Waals surface area contributed by atoms with E-state index in [1.807, 2.05) is 30.3 Å². The number of fused-ring (bicyclic) bond motifs is 3. The van der Waals surface area contributed by atoms with Crippen molar-refractivity contribution < 1.29 is 4.74 Å². The predicted molar refractivity (Wildman–Crippen MR) is 146 cm³/mol. The number of para-hydroxylation sites is 1. The zero-order valence-electron chi connectivity index (χ0n) is 21.5. The molecular formula is C29H28N8O2. The van der Waals surface area contributed by atoms with Gasteiger partial charge in [0.25, 0.3) is 0 Å². The first-order valence-electron chi connectivity index (χ1n) is 13.5. The smallest absolute Gasteiger partial charge is 0.330 e. The molecule has 0 spiro atoms. The molecule has 1 atom stereocenters. The summed E-state index contributed by atoms with van der Waals surface area (Å²) in [7, 11) is 0. The molecule has 3 aromatic heterocycles. The molecule has 7 rings (SSSR count). The Balaban J connectivity index is 1.36. The van der Waals surface area contributed by atoms with Gasteiger partial charge in [-0.05, 0) is 37.1 Å². The molecule has 0 bridgehead atoms. The second-order valence-electron chi connectivity index (χ2n) is 10.2. The van der Waals surface area contributed by atoms with Gasteiger partial charge in [0.15, 0.2) is 5.65 Å². The van der Waals surface area contributed by atoms with Gasteiger partial charge < -0.3 is 10.1 Å². The highest BCUT2D eigenvalue weighted by atomic mass is 16.5. The molecule has 1 fully saturated rings. The maximum absolute atomic E-state index is 14.1. The normalized spacial score (nSPS) is 17.4. The molecule has 1 aliphatic heterocycles. The van der Waals surface area contributed by atoms with Crippen molar-refractivity contribution in [3.63, 3.8) is 0 Å². The number of nitrogens with zero attached hydrogens (tertiary/aromatic N) is 7. The van der Waals surface area contributed by atoms with Crippen molar-refractivity contribution in [2.75, 3.05) is 13.2 Å². The molecule has 10 nitrogen and oxygen atoms in total. The molecule has 0 amide bonds. The second-order valence-corrected chi connectivity index (χ2v) is 10.2. The minimum absolute atomic E-state index is 0.103. The van der Waals surface area contributed by atoms with E-state index in [0.29, 0.717) is 54.8 Å². The summed E-state index contributed by atoms with van der Waals surface area (Å²) in [6.45, 7) is 1.76. The number of nitrogens with one attached hydrogen (secondary N) is 1. The van der Waals surface area contributed by atoms with Gasteiger partial charge in [0, 0.05) is 31.1 Å². The van der Waals surface area contributed by atoms with Crippen molar-refractivity contribution in [3.05, 3.63) is 76.6 Å². The lowest BCUT2D eigenvalue weighted by Crippen LogP contribution is -2.34. The second kappa shape index (κ2) is 9.67. The Labute approximate surface area is 224 Å². The van der Waals surface area contributed by atoms with E-state index < -0.39 is 0 Å². The first-order chi connectivity index (χ1) is 19.2. The van der Waals surface area contributed by atoms with Gasteiger partial charge in [-0.1, -0.05) is 31.0 Å². The summed E-state index contributed by atoms with van der Waals surface area (Å²) in [6, 6.07) is 15.7. The van der Waals surface area contributed by atoms with E-state index in [0.717, 1.165) is 22.3 Å². The van der Waals surface area contributed by atoms with Crippen LogP contribution >= 0.6 is 0 Å². The summed E-state index contributed by atoms with van der Waals surface area (Å²) in [5.41, 5.74) is 4.15. The summed E-state index contributed by atoms with van der Waals surface area (Å²) < 4.78 is 11.3. The van der Waals surface area contributed by atoms with Crippen LogP contribution in [0.2, 0.25) is 0 Å². The lowest BCUT2D eigenvalue weighted by atomic mass is 10.0. The molecule has 4 heterocycles. The SMILES string of the molecule is N#Cc1ccc2ncn(-c3ncc4c(n3)n([C@@H]3CCOc5ccccc53)c(=O)n4CCNC3CCCC3)c2c1. The summed E-state index contributed by atoms with van der Waals surface area (Å²) in [5, 5.41) is 13.0. The van der Waals surface area contributed by atoms with Crippen molar-refractivity contribution in [1.29, 1.82) is 5.26 Å². The molecule has 0 radical (unpaired) electrons. The summed E-state index contributed by atoms with van der Waals surface area (Å²) >= 11 is 0. The number of nitriles is 1. The Morgan fingerprint density at radius 2 is 1.95 bits per heavy atom. The fourth-order valence-electron chi connectivity index (χ4n) is 6.00. The summed E-state index contributed by atoms with van der Waals surface area (Å²) in [4.78, 5) is 28.1. The van der Waals surface area contributed by atoms with Gasteiger partial charge in [0.2, 0.25) is 5.95 Å². The van der Waals surface area contributed by atoms with Crippen LogP contribution in [-0.4, -0.2) is 47.8 Å². The number of imidazole rings is 2. The number of hydrogen-bond donors (Lipinski definition) is 1. The maximum Gasteiger partial charge on any atom is 0.330 e. The molecule has 1 aliphatic carbocycles. The topological polar surface area (TPSA) is 116 Å². The van der Waals surface area contributed by atoms with Crippen molar-refractivity contribution in [1.82, 2.24) is 34.0 Å². The highest BCUT2D eigenvalue weighted by molar-refractivity contribution is 5.79. The fourth-order valence-corrected chi connectivity index (χ4v) is 6.00. The quantitative estimate of drug-likeness (QED) is 0.363. The van der Waals surface area contributed by atoms with Crippen LogP contribution in [0, 0.1) is 11.3 Å². The molecule has 2 aromatic carbocycles. The highest BCUT2D eigenvalue weighted by Gasteiger charge is 2.29. The predicted octanol–water partition coefficient (Wildman–Crippen LogP) is 3.71. The maximum atomic E-state index is 14.1. The third-order valence-electron chi connectivity index (χ3n) is 7.95. The monoisotopic (exact) mass is 520 g/mol. The van der Waals surface area contributed by atoms with Crippen LogP contribution in [0.25, 0.3) is 28.1 Å². The van der Waals surface area contributed by atoms with Gasteiger partial charge in [-0.25, -0.2) is 14.8 Å². The molecule has 196 valence electrons. The average molecular weight is 521 g/mol. The minimum Gasteiger partial charge on any atom is -0.493 e. The van der Waals surface area contributed by atoms with Gasteiger partial charge in [0.1, 0.15) is 17.6 Å². The van der Waals surface area contributed by atoms with Gasteiger partial charge >= 0.3 is 5.69 Å². The van der Waals surface area contributed by atoms with Crippen LogP contribution in [0.4, 0.5) is 0 Å². The van der Waals surface area contributed by atoms with Crippen LogP contribution < -0.4 is 15.7 Å². The molecule has 39 heavy (non-hydrogen) atoms.